The largest absolute Gasteiger partial charge is 0.497 e. The van der Waals surface area contributed by atoms with Crippen molar-refractivity contribution in [2.24, 2.45) is 34.5 Å². The van der Waals surface area contributed by atoms with Crippen LogP contribution in [0, 0.1) is 34.5 Å². The Kier molecular flexibility index (Phi) is 4.68. The Hall–Kier alpha value is -1.57. The number of allylic oxidation sites excluding steroid dienone is 1. The summed E-state index contributed by atoms with van der Waals surface area (Å²) in [6.45, 7) is 4.90. The van der Waals surface area contributed by atoms with Crippen molar-refractivity contribution in [3.8, 4) is 5.75 Å². The maximum Gasteiger partial charge on any atom is 0.165 e. The molecule has 5 unspecified atom stereocenters. The minimum Gasteiger partial charge on any atom is -0.497 e. The van der Waals surface area contributed by atoms with Crippen LogP contribution in [0.5, 0.6) is 5.75 Å². The van der Waals surface area contributed by atoms with Gasteiger partial charge in [-0.3, -0.25) is 4.79 Å². The van der Waals surface area contributed by atoms with Crippen molar-refractivity contribution in [2.75, 3.05) is 7.11 Å². The second-order valence-corrected chi connectivity index (χ2v) is 10.8. The molecular formula is C27H36O2. The molecule has 0 saturated heterocycles. The molecule has 6 atom stereocenters. The fourth-order valence-corrected chi connectivity index (χ4v) is 8.00. The molecule has 1 aromatic carbocycles. The first-order valence-corrected chi connectivity index (χ1v) is 11.8. The van der Waals surface area contributed by atoms with Crippen molar-refractivity contribution < 1.29 is 9.53 Å². The third kappa shape index (κ3) is 2.93. The number of hydrogen-bond acceptors (Lipinski definition) is 2. The summed E-state index contributed by atoms with van der Waals surface area (Å²) in [4.78, 5) is 13.5. The number of carbonyl (C=O) groups excluding carboxylic acids is 1. The predicted molar refractivity (Wildman–Crippen MR) is 118 cm³/mol. The lowest BCUT2D eigenvalue weighted by molar-refractivity contribution is -0.137. The number of ketones is 1. The highest BCUT2D eigenvalue weighted by molar-refractivity contribution is 6.05. The van der Waals surface area contributed by atoms with Gasteiger partial charge in [0.15, 0.2) is 5.78 Å². The van der Waals surface area contributed by atoms with E-state index in [1.165, 1.54) is 44.9 Å². The molecule has 0 spiro atoms. The molecule has 0 heterocycles. The molecule has 0 radical (unpaired) electrons. The number of Topliss-reactive ketones (excluding diaryl/α,β-unsaturated/α-hetero) is 1. The first kappa shape index (κ1) is 19.4. The van der Waals surface area contributed by atoms with Crippen molar-refractivity contribution in [1.82, 2.24) is 0 Å². The van der Waals surface area contributed by atoms with Gasteiger partial charge in [0, 0.05) is 5.41 Å². The van der Waals surface area contributed by atoms with Gasteiger partial charge in [-0.25, -0.2) is 0 Å². The molecule has 4 fully saturated rings. The van der Waals surface area contributed by atoms with Gasteiger partial charge < -0.3 is 4.74 Å². The number of hydrogen-bond donors (Lipinski definition) is 0. The molecule has 0 amide bonds. The Morgan fingerprint density at radius 1 is 0.966 bits per heavy atom. The number of benzene rings is 1. The van der Waals surface area contributed by atoms with E-state index in [0.29, 0.717) is 17.1 Å². The smallest absolute Gasteiger partial charge is 0.165 e. The zero-order valence-corrected chi connectivity index (χ0v) is 18.4. The second kappa shape index (κ2) is 7.00. The molecular weight excluding hydrogens is 356 g/mol. The van der Waals surface area contributed by atoms with Crippen LogP contribution in [0.25, 0.3) is 6.08 Å². The molecule has 29 heavy (non-hydrogen) atoms. The fraction of sp³-hybridized carbons (Fsp3) is 0.667. The van der Waals surface area contributed by atoms with Gasteiger partial charge in [-0.15, -0.1) is 0 Å². The van der Waals surface area contributed by atoms with Crippen LogP contribution in [0.2, 0.25) is 0 Å². The minimum atomic E-state index is -0.128. The van der Waals surface area contributed by atoms with Crippen LogP contribution in [0.15, 0.2) is 29.8 Å². The van der Waals surface area contributed by atoms with E-state index in [2.05, 4.69) is 32.1 Å². The van der Waals surface area contributed by atoms with Gasteiger partial charge in [0.2, 0.25) is 0 Å². The van der Waals surface area contributed by atoms with E-state index in [1.54, 1.807) is 7.11 Å². The van der Waals surface area contributed by atoms with Crippen LogP contribution in [-0.2, 0) is 4.79 Å². The van der Waals surface area contributed by atoms with Crippen LogP contribution in [0.3, 0.4) is 0 Å². The lowest BCUT2D eigenvalue weighted by Crippen LogP contribution is -2.52. The highest BCUT2D eigenvalue weighted by Crippen LogP contribution is 2.66. The number of fused-ring (bicyclic) bond motifs is 5. The third-order valence-corrected chi connectivity index (χ3v) is 9.68. The Balaban J connectivity index is 1.43. The third-order valence-electron chi connectivity index (χ3n) is 9.68. The summed E-state index contributed by atoms with van der Waals surface area (Å²) in [7, 11) is 1.69. The molecule has 4 aliphatic carbocycles. The van der Waals surface area contributed by atoms with Crippen molar-refractivity contribution in [1.29, 1.82) is 0 Å². The molecule has 0 aromatic heterocycles. The lowest BCUT2D eigenvalue weighted by atomic mass is 9.45. The second-order valence-electron chi connectivity index (χ2n) is 10.8. The van der Waals surface area contributed by atoms with Gasteiger partial charge in [-0.1, -0.05) is 38.8 Å². The van der Waals surface area contributed by atoms with Gasteiger partial charge in [-0.2, -0.15) is 0 Å². The summed E-state index contributed by atoms with van der Waals surface area (Å²) in [5.74, 6) is 4.39. The average Bonchev–Trinajstić information content (AvgIpc) is 2.99. The lowest BCUT2D eigenvalue weighted by Gasteiger charge is -2.59. The highest BCUT2D eigenvalue weighted by atomic mass is 16.5. The van der Waals surface area contributed by atoms with E-state index in [1.807, 2.05) is 12.1 Å². The number of rotatable bonds is 2. The van der Waals surface area contributed by atoms with Crippen LogP contribution in [0.4, 0.5) is 0 Å². The average molecular weight is 393 g/mol. The molecule has 4 saturated carbocycles. The summed E-state index contributed by atoms with van der Waals surface area (Å²) < 4.78 is 5.28. The van der Waals surface area contributed by atoms with Gasteiger partial charge >= 0.3 is 0 Å². The van der Waals surface area contributed by atoms with E-state index in [9.17, 15) is 4.79 Å². The Morgan fingerprint density at radius 2 is 1.76 bits per heavy atom. The summed E-state index contributed by atoms with van der Waals surface area (Å²) in [5, 5.41) is 0. The first-order chi connectivity index (χ1) is 14.0. The van der Waals surface area contributed by atoms with E-state index < -0.39 is 0 Å². The SMILES string of the molecule is COc1ccc(/C=C2\CC3C4CC[C@H]5CCCCC5(C)C4CCC3(C)C2=O)cc1. The molecule has 2 heteroatoms. The van der Waals surface area contributed by atoms with Crippen LogP contribution in [-0.4, -0.2) is 12.9 Å². The molecule has 0 N–H and O–H groups in total. The van der Waals surface area contributed by atoms with Gasteiger partial charge in [-0.05, 0) is 103 Å². The number of carbonyl (C=O) groups is 1. The normalized spacial score (nSPS) is 42.9. The molecule has 2 nitrogen and oxygen atoms in total. The van der Waals surface area contributed by atoms with Crippen LogP contribution in [0.1, 0.15) is 77.2 Å². The molecule has 156 valence electrons. The zero-order valence-electron chi connectivity index (χ0n) is 18.4. The quantitative estimate of drug-likeness (QED) is 0.524. The number of methoxy groups -OCH3 is 1. The summed E-state index contributed by atoms with van der Waals surface area (Å²) in [6, 6.07) is 8.12. The summed E-state index contributed by atoms with van der Waals surface area (Å²) in [5.41, 5.74) is 2.60. The van der Waals surface area contributed by atoms with Gasteiger partial charge in [0.25, 0.3) is 0 Å². The molecule has 4 aliphatic rings. The minimum absolute atomic E-state index is 0.128. The van der Waals surface area contributed by atoms with Crippen molar-refractivity contribution in [3.63, 3.8) is 0 Å². The van der Waals surface area contributed by atoms with E-state index in [-0.39, 0.29) is 5.41 Å². The van der Waals surface area contributed by atoms with Crippen molar-refractivity contribution in [2.45, 2.75) is 71.6 Å². The first-order valence-electron chi connectivity index (χ1n) is 11.8. The monoisotopic (exact) mass is 392 g/mol. The van der Waals surface area contributed by atoms with E-state index in [0.717, 1.165) is 47.5 Å². The Morgan fingerprint density at radius 3 is 2.52 bits per heavy atom. The molecule has 0 bridgehead atoms. The fourth-order valence-electron chi connectivity index (χ4n) is 8.00. The zero-order chi connectivity index (χ0) is 20.2. The molecule has 5 rings (SSSR count). The van der Waals surface area contributed by atoms with Crippen LogP contribution < -0.4 is 4.74 Å². The van der Waals surface area contributed by atoms with Gasteiger partial charge in [0.1, 0.15) is 5.75 Å². The number of ether oxygens (including phenoxy) is 1. The van der Waals surface area contributed by atoms with E-state index >= 15 is 0 Å². The highest BCUT2D eigenvalue weighted by Gasteiger charge is 2.60. The van der Waals surface area contributed by atoms with Crippen molar-refractivity contribution in [3.05, 3.63) is 35.4 Å². The summed E-state index contributed by atoms with van der Waals surface area (Å²) in [6.07, 6.45) is 14.0. The summed E-state index contributed by atoms with van der Waals surface area (Å²) >= 11 is 0. The maximum absolute atomic E-state index is 13.5. The standard InChI is InChI=1S/C27H36O2/c1-26-14-5-4-6-20(26)9-12-22-23(26)13-15-27(2)24(22)17-19(25(27)28)16-18-7-10-21(29-3)11-8-18/h7-8,10-11,16,20,22-24H,4-6,9,12-15,17H2,1-3H3/b19-16+/t20-,22?,23?,24?,26?,27?/m1/s1. The Bertz CT molecular complexity index is 821. The van der Waals surface area contributed by atoms with Crippen molar-refractivity contribution >= 4 is 11.9 Å². The van der Waals surface area contributed by atoms with E-state index in [4.69, 9.17) is 4.74 Å². The van der Waals surface area contributed by atoms with Gasteiger partial charge in [0.05, 0.1) is 7.11 Å². The molecule has 1 aromatic rings. The Labute approximate surface area is 176 Å². The maximum atomic E-state index is 13.5. The topological polar surface area (TPSA) is 26.3 Å². The predicted octanol–water partition coefficient (Wildman–Crippen LogP) is 6.69. The van der Waals surface area contributed by atoms with Crippen LogP contribution >= 0.6 is 0 Å². The molecule has 0 aliphatic heterocycles.